The number of rotatable bonds is 2. The predicted molar refractivity (Wildman–Crippen MR) is 81.6 cm³/mol. The second-order valence-corrected chi connectivity index (χ2v) is 5.37. The topological polar surface area (TPSA) is 59.2 Å². The van der Waals surface area contributed by atoms with Gasteiger partial charge in [0.05, 0.1) is 10.0 Å². The van der Waals surface area contributed by atoms with Crippen LogP contribution in [0.4, 0.5) is 0 Å². The van der Waals surface area contributed by atoms with Gasteiger partial charge in [-0.2, -0.15) is 4.98 Å². The Morgan fingerprint density at radius 2 is 1.76 bits per heavy atom. The second-order valence-electron chi connectivity index (χ2n) is 4.55. The summed E-state index contributed by atoms with van der Waals surface area (Å²) >= 11 is 11.9. The lowest BCUT2D eigenvalue weighted by atomic mass is 10.1. The molecule has 0 bridgehead atoms. The highest BCUT2D eigenvalue weighted by Crippen LogP contribution is 2.29. The average Bonchev–Trinajstić information content (AvgIpc) is 2.94. The number of phenolic OH excluding ortho intramolecular Hbond substituents is 1. The van der Waals surface area contributed by atoms with E-state index in [4.69, 9.17) is 27.7 Å². The van der Waals surface area contributed by atoms with E-state index in [0.29, 0.717) is 21.8 Å². The highest BCUT2D eigenvalue weighted by atomic mass is 35.5. The highest BCUT2D eigenvalue weighted by Gasteiger charge is 2.12. The van der Waals surface area contributed by atoms with Gasteiger partial charge in [-0.15, -0.1) is 0 Å². The summed E-state index contributed by atoms with van der Waals surface area (Å²) in [5.74, 6) is 1.02. The van der Waals surface area contributed by atoms with Gasteiger partial charge in [-0.05, 0) is 48.9 Å². The molecule has 21 heavy (non-hydrogen) atoms. The third kappa shape index (κ3) is 2.73. The van der Waals surface area contributed by atoms with Crippen molar-refractivity contribution in [3.63, 3.8) is 0 Å². The van der Waals surface area contributed by atoms with E-state index in [1.54, 1.807) is 43.3 Å². The predicted octanol–water partition coefficient (Wildman–Crippen LogP) is 4.72. The summed E-state index contributed by atoms with van der Waals surface area (Å²) in [6.07, 6.45) is 0. The summed E-state index contributed by atoms with van der Waals surface area (Å²) in [5, 5.41) is 14.4. The summed E-state index contributed by atoms with van der Waals surface area (Å²) in [5.41, 5.74) is 2.20. The molecule has 0 aliphatic rings. The van der Waals surface area contributed by atoms with Crippen LogP contribution in [0.2, 0.25) is 10.0 Å². The van der Waals surface area contributed by atoms with Gasteiger partial charge >= 0.3 is 0 Å². The zero-order valence-electron chi connectivity index (χ0n) is 11.0. The van der Waals surface area contributed by atoms with Gasteiger partial charge in [0.1, 0.15) is 5.75 Å². The summed E-state index contributed by atoms with van der Waals surface area (Å²) in [6, 6.07) is 10.2. The molecule has 2 aromatic carbocycles. The van der Waals surface area contributed by atoms with Gasteiger partial charge < -0.3 is 9.63 Å². The Kier molecular flexibility index (Phi) is 3.57. The van der Waals surface area contributed by atoms with Crippen molar-refractivity contribution in [1.29, 1.82) is 0 Å². The van der Waals surface area contributed by atoms with Crippen LogP contribution in [0.25, 0.3) is 22.8 Å². The summed E-state index contributed by atoms with van der Waals surface area (Å²) < 4.78 is 5.25. The molecule has 0 fully saturated rings. The lowest BCUT2D eigenvalue weighted by Gasteiger charge is -1.99. The standard InChI is InChI=1S/C15H10Cl2N2O2/c1-8-6-10(3-5-13(8)20)15-18-14(19-21-15)9-2-4-11(16)12(17)7-9/h2-7,20H,1H3. The molecule has 0 saturated heterocycles. The molecule has 1 N–H and O–H groups in total. The van der Waals surface area contributed by atoms with Crippen LogP contribution in [-0.4, -0.2) is 15.2 Å². The minimum Gasteiger partial charge on any atom is -0.508 e. The first-order chi connectivity index (χ1) is 10.0. The maximum atomic E-state index is 9.54. The van der Waals surface area contributed by atoms with Gasteiger partial charge in [0.2, 0.25) is 5.82 Å². The van der Waals surface area contributed by atoms with Crippen LogP contribution in [0, 0.1) is 6.92 Å². The Morgan fingerprint density at radius 1 is 1.00 bits per heavy atom. The van der Waals surface area contributed by atoms with Gasteiger partial charge in [-0.3, -0.25) is 0 Å². The van der Waals surface area contributed by atoms with Crippen LogP contribution < -0.4 is 0 Å². The van der Waals surface area contributed by atoms with Crippen molar-refractivity contribution in [3.8, 4) is 28.6 Å². The van der Waals surface area contributed by atoms with Crippen molar-refractivity contribution in [2.45, 2.75) is 6.92 Å². The van der Waals surface area contributed by atoms with E-state index in [9.17, 15) is 5.11 Å². The molecular formula is C15H10Cl2N2O2. The maximum absolute atomic E-state index is 9.54. The molecule has 106 valence electrons. The third-order valence-electron chi connectivity index (χ3n) is 3.05. The SMILES string of the molecule is Cc1cc(-c2nc(-c3ccc(Cl)c(Cl)c3)no2)ccc1O. The van der Waals surface area contributed by atoms with E-state index in [2.05, 4.69) is 10.1 Å². The molecule has 1 aromatic heterocycles. The first-order valence-electron chi connectivity index (χ1n) is 6.14. The fourth-order valence-electron chi connectivity index (χ4n) is 1.88. The monoisotopic (exact) mass is 320 g/mol. The number of aryl methyl sites for hydroxylation is 1. The third-order valence-corrected chi connectivity index (χ3v) is 3.79. The quantitative estimate of drug-likeness (QED) is 0.741. The maximum Gasteiger partial charge on any atom is 0.258 e. The fraction of sp³-hybridized carbons (Fsp3) is 0.0667. The molecule has 0 spiro atoms. The van der Waals surface area contributed by atoms with E-state index in [1.165, 1.54) is 0 Å². The second kappa shape index (κ2) is 5.39. The average molecular weight is 321 g/mol. The number of hydrogen-bond acceptors (Lipinski definition) is 4. The van der Waals surface area contributed by atoms with Crippen LogP contribution in [0.1, 0.15) is 5.56 Å². The fourth-order valence-corrected chi connectivity index (χ4v) is 2.18. The summed E-state index contributed by atoms with van der Waals surface area (Å²) in [4.78, 5) is 4.33. The molecule has 0 aliphatic carbocycles. The zero-order valence-corrected chi connectivity index (χ0v) is 12.5. The minimum atomic E-state index is 0.225. The first-order valence-corrected chi connectivity index (χ1v) is 6.89. The largest absolute Gasteiger partial charge is 0.508 e. The highest BCUT2D eigenvalue weighted by molar-refractivity contribution is 6.42. The Balaban J connectivity index is 1.99. The first kappa shape index (κ1) is 13.9. The molecule has 0 atom stereocenters. The van der Waals surface area contributed by atoms with Gasteiger partial charge in [-0.25, -0.2) is 0 Å². The molecule has 3 rings (SSSR count). The molecule has 6 heteroatoms. The Hall–Kier alpha value is -2.04. The Morgan fingerprint density at radius 3 is 2.48 bits per heavy atom. The number of hydrogen-bond donors (Lipinski definition) is 1. The molecule has 4 nitrogen and oxygen atoms in total. The number of nitrogens with zero attached hydrogens (tertiary/aromatic N) is 2. The Labute approximate surface area is 130 Å². The number of benzene rings is 2. The number of phenols is 1. The van der Waals surface area contributed by atoms with Crippen molar-refractivity contribution < 1.29 is 9.63 Å². The molecule has 1 heterocycles. The van der Waals surface area contributed by atoms with Gasteiger partial charge in [0, 0.05) is 11.1 Å². The zero-order chi connectivity index (χ0) is 15.0. The molecule has 3 aromatic rings. The molecule has 0 aliphatic heterocycles. The summed E-state index contributed by atoms with van der Waals surface area (Å²) in [6.45, 7) is 1.80. The molecule has 0 unspecified atom stereocenters. The lowest BCUT2D eigenvalue weighted by molar-refractivity contribution is 0.432. The van der Waals surface area contributed by atoms with Crippen LogP contribution >= 0.6 is 23.2 Å². The van der Waals surface area contributed by atoms with Gasteiger partial charge in [0.25, 0.3) is 5.89 Å². The van der Waals surface area contributed by atoms with Gasteiger partial charge in [0.15, 0.2) is 0 Å². The van der Waals surface area contributed by atoms with Crippen LogP contribution in [0.15, 0.2) is 40.9 Å². The smallest absolute Gasteiger partial charge is 0.258 e. The molecular weight excluding hydrogens is 311 g/mol. The van der Waals surface area contributed by atoms with Crippen LogP contribution in [0.5, 0.6) is 5.75 Å². The number of aromatic nitrogens is 2. The summed E-state index contributed by atoms with van der Waals surface area (Å²) in [7, 11) is 0. The van der Waals surface area contributed by atoms with E-state index in [0.717, 1.165) is 16.7 Å². The molecule has 0 saturated carbocycles. The van der Waals surface area contributed by atoms with Crippen molar-refractivity contribution in [2.75, 3.05) is 0 Å². The van der Waals surface area contributed by atoms with Crippen LogP contribution in [0.3, 0.4) is 0 Å². The number of aromatic hydroxyl groups is 1. The Bertz CT molecular complexity index is 749. The van der Waals surface area contributed by atoms with E-state index in [-0.39, 0.29) is 5.75 Å². The van der Waals surface area contributed by atoms with E-state index < -0.39 is 0 Å². The number of halogens is 2. The minimum absolute atomic E-state index is 0.225. The molecule has 0 amide bonds. The van der Waals surface area contributed by atoms with Crippen molar-refractivity contribution in [2.24, 2.45) is 0 Å². The lowest BCUT2D eigenvalue weighted by Crippen LogP contribution is -1.83. The van der Waals surface area contributed by atoms with Gasteiger partial charge in [-0.1, -0.05) is 28.4 Å². The van der Waals surface area contributed by atoms with E-state index in [1.807, 2.05) is 0 Å². The van der Waals surface area contributed by atoms with Crippen molar-refractivity contribution in [1.82, 2.24) is 10.1 Å². The van der Waals surface area contributed by atoms with E-state index >= 15 is 0 Å². The van der Waals surface area contributed by atoms with Crippen molar-refractivity contribution in [3.05, 3.63) is 52.0 Å². The normalized spacial score (nSPS) is 10.8. The molecule has 0 radical (unpaired) electrons. The van der Waals surface area contributed by atoms with Crippen LogP contribution in [-0.2, 0) is 0 Å². The van der Waals surface area contributed by atoms with Crippen molar-refractivity contribution >= 4 is 23.2 Å².